The number of halogens is 1. The van der Waals surface area contributed by atoms with E-state index in [1.165, 1.54) is 11.3 Å². The van der Waals surface area contributed by atoms with E-state index in [2.05, 4.69) is 20.8 Å². The molecule has 4 rings (SSSR count). The van der Waals surface area contributed by atoms with Crippen LogP contribution >= 0.6 is 27.3 Å². The maximum absolute atomic E-state index is 14.1. The average Bonchev–Trinajstić information content (AvgIpc) is 3.19. The summed E-state index contributed by atoms with van der Waals surface area (Å²) in [7, 11) is 4.08. The molecular weight excluding hydrogens is 486 g/mol. The van der Waals surface area contributed by atoms with Gasteiger partial charge in [0.1, 0.15) is 5.75 Å². The van der Waals surface area contributed by atoms with Crippen LogP contribution in [0.4, 0.5) is 5.13 Å². The Morgan fingerprint density at radius 2 is 1.91 bits per heavy atom. The minimum Gasteiger partial charge on any atom is -0.493 e. The first kappa shape index (κ1) is 22.7. The molecule has 3 aromatic carbocycles. The number of thiazole rings is 1. The Morgan fingerprint density at radius 3 is 2.69 bits per heavy atom. The van der Waals surface area contributed by atoms with Crippen molar-refractivity contribution in [2.75, 3.05) is 38.7 Å². The molecule has 0 bridgehead atoms. The van der Waals surface area contributed by atoms with Crippen molar-refractivity contribution < 1.29 is 9.53 Å². The molecule has 0 aliphatic rings. The number of carbonyl (C=O) groups excluding carboxylic acids is 1. The fraction of sp³-hybridized carbons (Fsp3) is 0.280. The second-order valence-electron chi connectivity index (χ2n) is 7.81. The first-order chi connectivity index (χ1) is 15.5. The molecule has 32 heavy (non-hydrogen) atoms. The van der Waals surface area contributed by atoms with E-state index in [1.54, 1.807) is 0 Å². The highest BCUT2D eigenvalue weighted by Crippen LogP contribution is 2.35. The number of ether oxygens (including phenoxy) is 1. The molecule has 0 spiro atoms. The van der Waals surface area contributed by atoms with Gasteiger partial charge in [-0.1, -0.05) is 57.6 Å². The molecule has 0 N–H and O–H groups in total. The van der Waals surface area contributed by atoms with Crippen molar-refractivity contribution in [1.82, 2.24) is 9.88 Å². The highest BCUT2D eigenvalue weighted by Gasteiger charge is 2.26. The van der Waals surface area contributed by atoms with E-state index in [-0.39, 0.29) is 5.91 Å². The van der Waals surface area contributed by atoms with Crippen LogP contribution in [0.15, 0.2) is 59.1 Å². The topological polar surface area (TPSA) is 45.7 Å². The molecule has 0 aliphatic heterocycles. The Labute approximate surface area is 200 Å². The van der Waals surface area contributed by atoms with E-state index in [1.807, 2.05) is 80.5 Å². The first-order valence-electron chi connectivity index (χ1n) is 10.6. The molecule has 4 aromatic rings. The summed E-state index contributed by atoms with van der Waals surface area (Å²) in [5.74, 6) is 0.528. The highest BCUT2D eigenvalue weighted by atomic mass is 79.9. The second kappa shape index (κ2) is 9.98. The molecule has 0 fully saturated rings. The number of amides is 1. The van der Waals surface area contributed by atoms with Crippen LogP contribution < -0.4 is 9.64 Å². The third kappa shape index (κ3) is 4.80. The van der Waals surface area contributed by atoms with Gasteiger partial charge in [-0.25, -0.2) is 4.98 Å². The summed E-state index contributed by atoms with van der Waals surface area (Å²) < 4.78 is 7.93. The van der Waals surface area contributed by atoms with Crippen LogP contribution in [0.1, 0.15) is 23.7 Å². The normalized spacial score (nSPS) is 11.4. The fourth-order valence-corrected chi connectivity index (χ4v) is 5.26. The Bertz CT molecular complexity index is 1250. The Kier molecular flexibility index (Phi) is 7.08. The van der Waals surface area contributed by atoms with Crippen molar-refractivity contribution in [1.29, 1.82) is 0 Å². The molecule has 1 amide bonds. The largest absolute Gasteiger partial charge is 0.493 e. The summed E-state index contributed by atoms with van der Waals surface area (Å²) in [6.45, 7) is 3.89. The smallest absolute Gasteiger partial charge is 0.264 e. The number of hydrogen-bond acceptors (Lipinski definition) is 5. The summed E-state index contributed by atoms with van der Waals surface area (Å²) in [6, 6.07) is 17.8. The molecular formula is C25H26BrN3O2S. The third-order valence-corrected chi connectivity index (χ3v) is 6.74. The number of benzene rings is 3. The van der Waals surface area contributed by atoms with Crippen molar-refractivity contribution >= 4 is 59.3 Å². The van der Waals surface area contributed by atoms with Crippen LogP contribution in [0.25, 0.3) is 21.0 Å². The van der Waals surface area contributed by atoms with Crippen LogP contribution in [0.3, 0.4) is 0 Å². The van der Waals surface area contributed by atoms with Gasteiger partial charge in [-0.05, 0) is 69.0 Å². The van der Waals surface area contributed by atoms with Crippen LogP contribution in [0.5, 0.6) is 5.75 Å². The van der Waals surface area contributed by atoms with Gasteiger partial charge in [0.05, 0.1) is 22.4 Å². The van der Waals surface area contributed by atoms with E-state index >= 15 is 0 Å². The van der Waals surface area contributed by atoms with Crippen LogP contribution in [0, 0.1) is 0 Å². The number of hydrogen-bond donors (Lipinski definition) is 0. The fourth-order valence-electron chi connectivity index (χ4n) is 3.71. The highest BCUT2D eigenvalue weighted by molar-refractivity contribution is 9.10. The molecule has 0 saturated heterocycles. The lowest BCUT2D eigenvalue weighted by Gasteiger charge is -2.23. The molecule has 166 valence electrons. The number of anilines is 1. The summed E-state index contributed by atoms with van der Waals surface area (Å²) in [6.07, 6.45) is 0.840. The van der Waals surface area contributed by atoms with Gasteiger partial charge in [0, 0.05) is 11.0 Å². The maximum atomic E-state index is 14.1. The second-order valence-corrected chi connectivity index (χ2v) is 9.74. The lowest BCUT2D eigenvalue weighted by molar-refractivity contribution is 0.0984. The number of nitrogens with zero attached hydrogens (tertiary/aromatic N) is 3. The van der Waals surface area contributed by atoms with Crippen molar-refractivity contribution in [3.63, 3.8) is 0 Å². The van der Waals surface area contributed by atoms with E-state index in [0.717, 1.165) is 38.4 Å². The molecule has 0 saturated carbocycles. The Balaban J connectivity index is 1.81. The Morgan fingerprint density at radius 1 is 1.09 bits per heavy atom. The Hall–Kier alpha value is -2.48. The third-order valence-electron chi connectivity index (χ3n) is 5.21. The van der Waals surface area contributed by atoms with E-state index in [4.69, 9.17) is 9.72 Å². The van der Waals surface area contributed by atoms with Gasteiger partial charge < -0.3 is 9.64 Å². The van der Waals surface area contributed by atoms with Crippen LogP contribution in [-0.2, 0) is 0 Å². The molecule has 0 unspecified atom stereocenters. The molecule has 0 aliphatic carbocycles. The molecule has 1 aromatic heterocycles. The van der Waals surface area contributed by atoms with Gasteiger partial charge in [0.15, 0.2) is 5.13 Å². The summed E-state index contributed by atoms with van der Waals surface area (Å²) in [4.78, 5) is 22.8. The minimum absolute atomic E-state index is 0.0814. The van der Waals surface area contributed by atoms with Gasteiger partial charge in [-0.2, -0.15) is 0 Å². The van der Waals surface area contributed by atoms with Gasteiger partial charge in [0.25, 0.3) is 5.91 Å². The van der Waals surface area contributed by atoms with Crippen molar-refractivity contribution in [2.24, 2.45) is 0 Å². The zero-order chi connectivity index (χ0) is 22.7. The summed E-state index contributed by atoms with van der Waals surface area (Å²) in [5, 5.41) is 2.61. The van der Waals surface area contributed by atoms with Gasteiger partial charge >= 0.3 is 0 Å². The zero-order valence-corrected chi connectivity index (χ0v) is 20.9. The summed E-state index contributed by atoms with van der Waals surface area (Å²) in [5.41, 5.74) is 1.48. The van der Waals surface area contributed by atoms with Gasteiger partial charge in [-0.3, -0.25) is 9.69 Å². The monoisotopic (exact) mass is 511 g/mol. The molecule has 0 radical (unpaired) electrons. The van der Waals surface area contributed by atoms with Crippen molar-refractivity contribution in [3.8, 4) is 5.75 Å². The lowest BCUT2D eigenvalue weighted by Crippen LogP contribution is -2.34. The van der Waals surface area contributed by atoms with Gasteiger partial charge in [0.2, 0.25) is 0 Å². The molecule has 0 atom stereocenters. The van der Waals surface area contributed by atoms with Crippen molar-refractivity contribution in [2.45, 2.75) is 13.3 Å². The van der Waals surface area contributed by atoms with Crippen LogP contribution in [-0.4, -0.2) is 49.6 Å². The van der Waals surface area contributed by atoms with E-state index in [9.17, 15) is 4.79 Å². The number of aromatic nitrogens is 1. The summed E-state index contributed by atoms with van der Waals surface area (Å²) >= 11 is 5.07. The zero-order valence-electron chi connectivity index (χ0n) is 18.5. The quantitative estimate of drug-likeness (QED) is 0.282. The standard InChI is InChI=1S/C25H26BrN3O2S/c1-4-31-21-13-10-17-8-5-6-9-19(17)23(21)24(30)29(15-7-14-28(2)3)25-27-20-12-11-18(26)16-22(20)32-25/h5-6,8-13,16H,4,7,14-15H2,1-3H3. The predicted octanol–water partition coefficient (Wildman–Crippen LogP) is 6.21. The maximum Gasteiger partial charge on any atom is 0.264 e. The number of carbonyl (C=O) groups is 1. The SMILES string of the molecule is CCOc1ccc2ccccc2c1C(=O)N(CCCN(C)C)c1nc2ccc(Br)cc2s1. The molecule has 7 heteroatoms. The predicted molar refractivity (Wildman–Crippen MR) is 137 cm³/mol. The van der Waals surface area contributed by atoms with Gasteiger partial charge in [-0.15, -0.1) is 0 Å². The first-order valence-corrected chi connectivity index (χ1v) is 12.3. The lowest BCUT2D eigenvalue weighted by atomic mass is 10.0. The minimum atomic E-state index is -0.0814. The average molecular weight is 512 g/mol. The number of rotatable bonds is 8. The van der Waals surface area contributed by atoms with E-state index < -0.39 is 0 Å². The molecule has 1 heterocycles. The number of fused-ring (bicyclic) bond motifs is 2. The van der Waals surface area contributed by atoms with Crippen LogP contribution in [0.2, 0.25) is 0 Å². The van der Waals surface area contributed by atoms with Crippen molar-refractivity contribution in [3.05, 3.63) is 64.6 Å². The molecule has 5 nitrogen and oxygen atoms in total. The van der Waals surface area contributed by atoms with E-state index in [0.29, 0.717) is 29.6 Å².